The fraction of sp³-hybridized carbons (Fsp3) is 0.529. The molecular formula is C17H22FN3O2S. The first-order valence-electron chi connectivity index (χ1n) is 8.27. The van der Waals surface area contributed by atoms with E-state index in [-0.39, 0.29) is 29.8 Å². The Morgan fingerprint density at radius 3 is 3.00 bits per heavy atom. The molecule has 0 saturated carbocycles. The van der Waals surface area contributed by atoms with Gasteiger partial charge in [0.1, 0.15) is 5.82 Å². The summed E-state index contributed by atoms with van der Waals surface area (Å²) in [6.45, 7) is 1.77. The van der Waals surface area contributed by atoms with Gasteiger partial charge < -0.3 is 16.0 Å². The van der Waals surface area contributed by atoms with Crippen molar-refractivity contribution < 1.29 is 14.0 Å². The summed E-state index contributed by atoms with van der Waals surface area (Å²) in [5.41, 5.74) is 1.39. The zero-order valence-corrected chi connectivity index (χ0v) is 14.4. The number of anilines is 1. The second-order valence-electron chi connectivity index (χ2n) is 6.38. The van der Waals surface area contributed by atoms with Crippen molar-refractivity contribution in [3.8, 4) is 0 Å². The van der Waals surface area contributed by atoms with Crippen LogP contribution in [0.15, 0.2) is 18.2 Å². The summed E-state index contributed by atoms with van der Waals surface area (Å²) in [4.78, 5) is 23.3. The maximum absolute atomic E-state index is 13.1. The topological polar surface area (TPSA) is 70.2 Å². The van der Waals surface area contributed by atoms with Gasteiger partial charge in [-0.2, -0.15) is 11.8 Å². The number of hydrogen-bond donors (Lipinski definition) is 3. The first kappa shape index (κ1) is 17.1. The van der Waals surface area contributed by atoms with Gasteiger partial charge in [0, 0.05) is 23.1 Å². The molecule has 2 aliphatic heterocycles. The number of thioether (sulfide) groups is 1. The third-order valence-electron chi connectivity index (χ3n) is 4.54. The van der Waals surface area contributed by atoms with Crippen molar-refractivity contribution in [3.63, 3.8) is 0 Å². The summed E-state index contributed by atoms with van der Waals surface area (Å²) in [7, 11) is 0. The van der Waals surface area contributed by atoms with Gasteiger partial charge in [-0.15, -0.1) is 0 Å². The Kier molecular flexibility index (Phi) is 5.28. The lowest BCUT2D eigenvalue weighted by atomic mass is 10.0. The van der Waals surface area contributed by atoms with E-state index in [1.165, 1.54) is 12.1 Å². The number of halogens is 1. The van der Waals surface area contributed by atoms with Crippen LogP contribution < -0.4 is 16.0 Å². The molecule has 0 spiro atoms. The van der Waals surface area contributed by atoms with Crippen molar-refractivity contribution in [2.45, 2.75) is 49.9 Å². The van der Waals surface area contributed by atoms with Crippen molar-refractivity contribution in [1.29, 1.82) is 0 Å². The van der Waals surface area contributed by atoms with E-state index in [0.29, 0.717) is 17.4 Å². The van der Waals surface area contributed by atoms with E-state index < -0.39 is 0 Å². The molecular weight excluding hydrogens is 329 g/mol. The molecule has 130 valence electrons. The van der Waals surface area contributed by atoms with E-state index in [1.54, 1.807) is 13.0 Å². The Morgan fingerprint density at radius 2 is 2.21 bits per heavy atom. The van der Waals surface area contributed by atoms with Gasteiger partial charge in [0.25, 0.3) is 0 Å². The number of carbonyl (C=O) groups is 2. The molecule has 2 fully saturated rings. The van der Waals surface area contributed by atoms with Gasteiger partial charge >= 0.3 is 6.03 Å². The first-order valence-corrected chi connectivity index (χ1v) is 9.32. The van der Waals surface area contributed by atoms with E-state index in [1.807, 2.05) is 11.8 Å². The predicted molar refractivity (Wildman–Crippen MR) is 93.7 cm³/mol. The summed E-state index contributed by atoms with van der Waals surface area (Å²) >= 11 is 1.89. The summed E-state index contributed by atoms with van der Waals surface area (Å²) in [5, 5.41) is 9.17. The number of fused-ring (bicyclic) bond motifs is 1. The van der Waals surface area contributed by atoms with Crippen LogP contribution in [-0.4, -0.2) is 35.0 Å². The zero-order chi connectivity index (χ0) is 17.1. The van der Waals surface area contributed by atoms with Crippen LogP contribution >= 0.6 is 11.8 Å². The van der Waals surface area contributed by atoms with Crippen molar-refractivity contribution in [3.05, 3.63) is 29.6 Å². The molecule has 5 nitrogen and oxygen atoms in total. The zero-order valence-electron chi connectivity index (χ0n) is 13.6. The number of benzene rings is 1. The third kappa shape index (κ3) is 4.01. The molecule has 3 N–H and O–H groups in total. The quantitative estimate of drug-likeness (QED) is 0.545. The lowest BCUT2D eigenvalue weighted by Crippen LogP contribution is -2.36. The average Bonchev–Trinajstić information content (AvgIpc) is 3.06. The van der Waals surface area contributed by atoms with Crippen LogP contribution in [0.5, 0.6) is 0 Å². The normalized spacial score (nSPS) is 25.1. The summed E-state index contributed by atoms with van der Waals surface area (Å²) < 4.78 is 13.1. The molecule has 3 atom stereocenters. The fourth-order valence-electron chi connectivity index (χ4n) is 3.25. The van der Waals surface area contributed by atoms with E-state index in [0.717, 1.165) is 30.6 Å². The van der Waals surface area contributed by atoms with Gasteiger partial charge in [0.05, 0.1) is 12.1 Å². The van der Waals surface area contributed by atoms with Crippen molar-refractivity contribution in [2.24, 2.45) is 0 Å². The van der Waals surface area contributed by atoms with Crippen LogP contribution in [-0.2, 0) is 4.79 Å². The largest absolute Gasteiger partial charge is 0.332 e. The van der Waals surface area contributed by atoms with Crippen LogP contribution in [0, 0.1) is 12.7 Å². The number of hydrogen-bond acceptors (Lipinski definition) is 3. The maximum atomic E-state index is 13.1. The average molecular weight is 351 g/mol. The molecule has 2 heterocycles. The number of aryl methyl sites for hydroxylation is 1. The van der Waals surface area contributed by atoms with Gasteiger partial charge in [-0.05, 0) is 43.5 Å². The second-order valence-corrected chi connectivity index (χ2v) is 7.65. The molecule has 0 radical (unpaired) electrons. The highest BCUT2D eigenvalue weighted by Crippen LogP contribution is 2.33. The molecule has 3 amide bonds. The first-order chi connectivity index (χ1) is 11.5. The van der Waals surface area contributed by atoms with Gasteiger partial charge in [0.2, 0.25) is 5.91 Å². The number of urea groups is 1. The van der Waals surface area contributed by atoms with Crippen LogP contribution in [0.3, 0.4) is 0 Å². The number of unbranched alkanes of at least 4 members (excludes halogenated alkanes) is 1. The van der Waals surface area contributed by atoms with Gasteiger partial charge in [-0.3, -0.25) is 4.79 Å². The highest BCUT2D eigenvalue weighted by atomic mass is 32.2. The van der Waals surface area contributed by atoms with Gasteiger partial charge in [-0.25, -0.2) is 9.18 Å². The minimum Gasteiger partial charge on any atom is -0.332 e. The van der Waals surface area contributed by atoms with E-state index >= 15 is 0 Å². The SMILES string of the molecule is Cc1cc(F)ccc1NC(=O)CCCCC1SCC2NC(=O)NC21. The van der Waals surface area contributed by atoms with E-state index in [2.05, 4.69) is 16.0 Å². The number of nitrogens with one attached hydrogen (secondary N) is 3. The summed E-state index contributed by atoms with van der Waals surface area (Å²) in [5.74, 6) is 0.613. The highest BCUT2D eigenvalue weighted by Gasteiger charge is 2.42. The standard InChI is InChI=1S/C17H22FN3O2S/c1-10-8-11(18)6-7-12(10)19-15(22)5-3-2-4-14-16-13(9-24-14)20-17(23)21-16/h6-8,13-14,16H,2-5,9H2,1H3,(H,19,22)(H2,20,21,23). The molecule has 3 rings (SSSR count). The van der Waals surface area contributed by atoms with Crippen LogP contribution in [0.4, 0.5) is 14.9 Å². The third-order valence-corrected chi connectivity index (χ3v) is 6.05. The minimum atomic E-state index is -0.300. The fourth-order valence-corrected chi connectivity index (χ4v) is 4.80. The smallest absolute Gasteiger partial charge is 0.315 e. The summed E-state index contributed by atoms with van der Waals surface area (Å²) in [6, 6.07) is 4.75. The summed E-state index contributed by atoms with van der Waals surface area (Å²) in [6.07, 6.45) is 3.21. The van der Waals surface area contributed by atoms with Crippen molar-refractivity contribution in [1.82, 2.24) is 10.6 Å². The number of rotatable bonds is 6. The van der Waals surface area contributed by atoms with Crippen LogP contribution in [0.25, 0.3) is 0 Å². The second kappa shape index (κ2) is 7.42. The Balaban J connectivity index is 1.37. The van der Waals surface area contributed by atoms with Gasteiger partial charge in [0.15, 0.2) is 0 Å². The molecule has 1 aromatic rings. The molecule has 24 heavy (non-hydrogen) atoms. The molecule has 2 aliphatic rings. The van der Waals surface area contributed by atoms with Crippen molar-refractivity contribution >= 4 is 29.4 Å². The predicted octanol–water partition coefficient (Wildman–Crippen LogP) is 2.80. The molecule has 2 saturated heterocycles. The number of amides is 3. The molecule has 0 aliphatic carbocycles. The highest BCUT2D eigenvalue weighted by molar-refractivity contribution is 8.00. The van der Waals surface area contributed by atoms with Gasteiger partial charge in [-0.1, -0.05) is 6.42 Å². The maximum Gasteiger partial charge on any atom is 0.315 e. The van der Waals surface area contributed by atoms with Crippen molar-refractivity contribution in [2.75, 3.05) is 11.1 Å². The Morgan fingerprint density at radius 1 is 1.38 bits per heavy atom. The van der Waals surface area contributed by atoms with Crippen LogP contribution in [0.2, 0.25) is 0 Å². The molecule has 0 bridgehead atoms. The minimum absolute atomic E-state index is 0.0440. The molecule has 7 heteroatoms. The van der Waals surface area contributed by atoms with E-state index in [9.17, 15) is 14.0 Å². The monoisotopic (exact) mass is 351 g/mol. The lowest BCUT2D eigenvalue weighted by molar-refractivity contribution is -0.116. The Hall–Kier alpha value is -1.76. The van der Waals surface area contributed by atoms with E-state index in [4.69, 9.17) is 0 Å². The number of carbonyl (C=O) groups excluding carboxylic acids is 2. The Bertz CT molecular complexity index is 640. The molecule has 0 aromatic heterocycles. The lowest BCUT2D eigenvalue weighted by Gasteiger charge is -2.16. The molecule has 3 unspecified atom stereocenters. The van der Waals surface area contributed by atoms with Crippen LogP contribution in [0.1, 0.15) is 31.2 Å². The Labute approximate surface area is 145 Å². The molecule has 1 aromatic carbocycles.